The maximum Gasteiger partial charge on any atom is 0.254 e. The zero-order chi connectivity index (χ0) is 27.2. The number of carbonyl (C=O) groups is 2. The Hall–Kier alpha value is -4.22. The molecule has 1 atom stereocenters. The molecule has 0 fully saturated rings. The summed E-state index contributed by atoms with van der Waals surface area (Å²) in [4.78, 5) is 26.3. The van der Waals surface area contributed by atoms with E-state index in [1.165, 1.54) is 18.0 Å². The maximum atomic E-state index is 13.7. The van der Waals surface area contributed by atoms with E-state index in [0.29, 0.717) is 33.3 Å². The van der Waals surface area contributed by atoms with E-state index in [0.717, 1.165) is 28.8 Å². The average Bonchev–Trinajstić information content (AvgIpc) is 3.44. The second-order valence-corrected chi connectivity index (χ2v) is 10.1. The molecule has 1 aromatic heterocycles. The van der Waals surface area contributed by atoms with E-state index in [-0.39, 0.29) is 17.6 Å². The first kappa shape index (κ1) is 26.8. The third kappa shape index (κ3) is 5.84. The first-order chi connectivity index (χ1) is 18.3. The minimum Gasteiger partial charge on any atom is -0.468 e. The van der Waals surface area contributed by atoms with E-state index in [1.807, 2.05) is 63.2 Å². The number of rotatable bonds is 8. The molecule has 3 aromatic rings. The molecule has 194 valence electrons. The molecule has 0 spiro atoms. The van der Waals surface area contributed by atoms with Crippen molar-refractivity contribution >= 4 is 35.0 Å². The molecule has 1 aliphatic heterocycles. The van der Waals surface area contributed by atoms with Crippen molar-refractivity contribution in [1.82, 2.24) is 5.32 Å². The number of dihydropyridines is 1. The van der Waals surface area contributed by atoms with Gasteiger partial charge in [-0.05, 0) is 62.6 Å². The molecule has 3 N–H and O–H groups in total. The van der Waals surface area contributed by atoms with Gasteiger partial charge >= 0.3 is 0 Å². The SMILES string of the molecule is CCc1cccc(C)c1NC(=O)C1=C(C)NC(SCC(=O)Nc2ccc(C)cc2)=C(C#N)[C@H]1c1ccco1. The van der Waals surface area contributed by atoms with Gasteiger partial charge in [-0.3, -0.25) is 9.59 Å². The van der Waals surface area contributed by atoms with Gasteiger partial charge in [0.05, 0.1) is 40.2 Å². The Bertz CT molecular complexity index is 1450. The highest BCUT2D eigenvalue weighted by molar-refractivity contribution is 8.03. The monoisotopic (exact) mass is 526 g/mol. The lowest BCUT2D eigenvalue weighted by Crippen LogP contribution is -2.31. The number of furan rings is 1. The smallest absolute Gasteiger partial charge is 0.254 e. The molecule has 8 heteroatoms. The molecule has 38 heavy (non-hydrogen) atoms. The molecule has 0 saturated carbocycles. The average molecular weight is 527 g/mol. The quantitative estimate of drug-likeness (QED) is 0.324. The van der Waals surface area contributed by atoms with Crippen LogP contribution in [0.15, 0.2) is 87.1 Å². The first-order valence-corrected chi connectivity index (χ1v) is 13.4. The molecule has 0 bridgehead atoms. The van der Waals surface area contributed by atoms with E-state index >= 15 is 0 Å². The number of nitrogens with one attached hydrogen (secondary N) is 3. The first-order valence-electron chi connectivity index (χ1n) is 12.4. The van der Waals surface area contributed by atoms with Gasteiger partial charge in [0.25, 0.3) is 5.91 Å². The van der Waals surface area contributed by atoms with Gasteiger partial charge in [0.2, 0.25) is 5.91 Å². The minimum atomic E-state index is -0.715. The fraction of sp³-hybridized carbons (Fsp3) is 0.233. The summed E-state index contributed by atoms with van der Waals surface area (Å²) in [6, 6.07) is 19.2. The van der Waals surface area contributed by atoms with Crippen LogP contribution in [-0.4, -0.2) is 17.6 Å². The number of anilines is 2. The molecule has 2 heterocycles. The normalized spacial score (nSPS) is 15.1. The Morgan fingerprint density at radius 1 is 1.05 bits per heavy atom. The highest BCUT2D eigenvalue weighted by atomic mass is 32.2. The lowest BCUT2D eigenvalue weighted by molar-refractivity contribution is -0.114. The molecular formula is C30H30N4O3S. The minimum absolute atomic E-state index is 0.0874. The van der Waals surface area contributed by atoms with Crippen LogP contribution in [0, 0.1) is 25.2 Å². The number of hydrogen-bond acceptors (Lipinski definition) is 6. The summed E-state index contributed by atoms with van der Waals surface area (Å²) in [5.41, 5.74) is 5.89. The number of thioether (sulfide) groups is 1. The third-order valence-corrected chi connectivity index (χ3v) is 7.40. The lowest BCUT2D eigenvalue weighted by Gasteiger charge is -2.28. The van der Waals surface area contributed by atoms with Crippen molar-refractivity contribution in [2.45, 2.75) is 40.0 Å². The van der Waals surface area contributed by atoms with E-state index in [4.69, 9.17) is 4.42 Å². The predicted octanol–water partition coefficient (Wildman–Crippen LogP) is 6.17. The zero-order valence-electron chi connectivity index (χ0n) is 21.8. The second kappa shape index (κ2) is 11.9. The van der Waals surface area contributed by atoms with Gasteiger partial charge in [0.1, 0.15) is 5.76 Å². The number of carbonyl (C=O) groups excluding carboxylic acids is 2. The number of aryl methyl sites for hydroxylation is 3. The van der Waals surface area contributed by atoms with Gasteiger partial charge in [-0.25, -0.2) is 0 Å². The van der Waals surface area contributed by atoms with Crippen molar-refractivity contribution in [1.29, 1.82) is 5.26 Å². The molecule has 0 unspecified atom stereocenters. The maximum absolute atomic E-state index is 13.7. The van der Waals surface area contributed by atoms with E-state index in [1.54, 1.807) is 19.1 Å². The number of allylic oxidation sites excluding steroid dienone is 2. The van der Waals surface area contributed by atoms with Gasteiger partial charge in [-0.15, -0.1) is 0 Å². The van der Waals surface area contributed by atoms with Crippen LogP contribution in [0.5, 0.6) is 0 Å². The fourth-order valence-corrected chi connectivity index (χ4v) is 5.31. The lowest BCUT2D eigenvalue weighted by atomic mass is 9.85. The van der Waals surface area contributed by atoms with Gasteiger partial charge in [-0.1, -0.05) is 54.6 Å². The standard InChI is InChI=1S/C30H30N4O3S/c1-5-21-9-6-8-19(3)28(21)34-29(36)26-20(4)32-30(23(16-31)27(26)24-10-7-15-37-24)38-17-25(35)33-22-13-11-18(2)12-14-22/h6-15,27,32H,5,17H2,1-4H3,(H,33,35)(H,34,36)/t27-/m0/s1. The van der Waals surface area contributed by atoms with Crippen LogP contribution in [0.3, 0.4) is 0 Å². The molecule has 1 aliphatic rings. The topological polar surface area (TPSA) is 107 Å². The highest BCUT2D eigenvalue weighted by Gasteiger charge is 2.36. The summed E-state index contributed by atoms with van der Waals surface area (Å²) < 4.78 is 5.70. The highest BCUT2D eigenvalue weighted by Crippen LogP contribution is 2.41. The molecule has 0 aliphatic carbocycles. The Kier molecular flexibility index (Phi) is 8.39. The van der Waals surface area contributed by atoms with Crippen molar-refractivity contribution in [3.63, 3.8) is 0 Å². The summed E-state index contributed by atoms with van der Waals surface area (Å²) in [5.74, 6) is -0.654. The predicted molar refractivity (Wildman–Crippen MR) is 151 cm³/mol. The van der Waals surface area contributed by atoms with Crippen molar-refractivity contribution < 1.29 is 14.0 Å². The Morgan fingerprint density at radius 2 is 1.82 bits per heavy atom. The van der Waals surface area contributed by atoms with Gasteiger partial charge in [-0.2, -0.15) is 5.26 Å². The summed E-state index contributed by atoms with van der Waals surface area (Å²) in [6.07, 6.45) is 2.29. The van der Waals surface area contributed by atoms with E-state index in [9.17, 15) is 14.9 Å². The molecule has 2 aromatic carbocycles. The van der Waals surface area contributed by atoms with E-state index < -0.39 is 5.92 Å². The number of para-hydroxylation sites is 1. The molecule has 0 radical (unpaired) electrons. The number of amides is 2. The number of nitriles is 1. The Labute approximate surface area is 227 Å². The number of hydrogen-bond donors (Lipinski definition) is 3. The Balaban J connectivity index is 1.61. The molecular weight excluding hydrogens is 496 g/mol. The molecule has 2 amide bonds. The third-order valence-electron chi connectivity index (χ3n) is 6.38. The van der Waals surface area contributed by atoms with Crippen molar-refractivity contribution in [2.24, 2.45) is 0 Å². The van der Waals surface area contributed by atoms with Crippen LogP contribution in [0.4, 0.5) is 11.4 Å². The van der Waals surface area contributed by atoms with Gasteiger partial charge < -0.3 is 20.4 Å². The van der Waals surface area contributed by atoms with Gasteiger partial charge in [0.15, 0.2) is 0 Å². The fourth-order valence-electron chi connectivity index (χ4n) is 4.42. The van der Waals surface area contributed by atoms with Crippen molar-refractivity contribution in [3.05, 3.63) is 105 Å². The summed E-state index contributed by atoms with van der Waals surface area (Å²) >= 11 is 1.22. The van der Waals surface area contributed by atoms with Gasteiger partial charge in [0, 0.05) is 17.1 Å². The van der Waals surface area contributed by atoms with Crippen LogP contribution >= 0.6 is 11.8 Å². The largest absolute Gasteiger partial charge is 0.468 e. The van der Waals surface area contributed by atoms with Crippen molar-refractivity contribution in [2.75, 3.05) is 16.4 Å². The summed E-state index contributed by atoms with van der Waals surface area (Å²) in [5, 5.41) is 19.9. The second-order valence-electron chi connectivity index (χ2n) is 9.09. The van der Waals surface area contributed by atoms with Crippen LogP contribution in [-0.2, 0) is 16.0 Å². The zero-order valence-corrected chi connectivity index (χ0v) is 22.7. The van der Waals surface area contributed by atoms with E-state index in [2.05, 4.69) is 22.0 Å². The molecule has 4 rings (SSSR count). The van der Waals surface area contributed by atoms with Crippen LogP contribution in [0.2, 0.25) is 0 Å². The molecule has 0 saturated heterocycles. The summed E-state index contributed by atoms with van der Waals surface area (Å²) in [6.45, 7) is 7.77. The molecule has 7 nitrogen and oxygen atoms in total. The van der Waals surface area contributed by atoms with Crippen LogP contribution in [0.25, 0.3) is 0 Å². The Morgan fingerprint density at radius 3 is 2.47 bits per heavy atom. The van der Waals surface area contributed by atoms with Crippen LogP contribution < -0.4 is 16.0 Å². The number of nitrogens with zero attached hydrogens (tertiary/aromatic N) is 1. The van der Waals surface area contributed by atoms with Crippen LogP contribution in [0.1, 0.15) is 42.2 Å². The van der Waals surface area contributed by atoms with Crippen molar-refractivity contribution in [3.8, 4) is 6.07 Å². The number of benzene rings is 2. The summed E-state index contributed by atoms with van der Waals surface area (Å²) in [7, 11) is 0.